The Balaban J connectivity index is 2.73. The largest absolute Gasteiger partial charge is 0.294 e. The van der Waals surface area contributed by atoms with E-state index < -0.39 is 0 Å². The van der Waals surface area contributed by atoms with Crippen LogP contribution in [-0.4, -0.2) is 5.78 Å². The number of hydrogen-bond donors (Lipinski definition) is 0. The minimum Gasteiger partial charge on any atom is -0.294 e. The van der Waals surface area contributed by atoms with E-state index in [-0.39, 0.29) is 5.78 Å². The minimum absolute atomic E-state index is 0.138. The molecule has 0 aliphatic carbocycles. The number of carbonyl (C=O) groups is 1. The van der Waals surface area contributed by atoms with Gasteiger partial charge in [-0.1, -0.05) is 49.1 Å². The summed E-state index contributed by atoms with van der Waals surface area (Å²) < 4.78 is 0. The van der Waals surface area contributed by atoms with E-state index in [1.807, 2.05) is 43.3 Å². The van der Waals surface area contributed by atoms with Crippen molar-refractivity contribution in [3.05, 3.63) is 60.2 Å². The van der Waals surface area contributed by atoms with Gasteiger partial charge in [-0.3, -0.25) is 4.79 Å². The Kier molecular flexibility index (Phi) is 3.86. The van der Waals surface area contributed by atoms with Crippen molar-refractivity contribution in [2.75, 3.05) is 0 Å². The molecule has 0 aromatic heterocycles. The van der Waals surface area contributed by atoms with Crippen LogP contribution >= 0.6 is 0 Å². The Bertz CT molecular complexity index is 347. The van der Waals surface area contributed by atoms with Gasteiger partial charge in [-0.2, -0.15) is 0 Å². The molecule has 0 aliphatic rings. The van der Waals surface area contributed by atoms with Gasteiger partial charge in [-0.05, 0) is 12.5 Å². The maximum Gasteiger partial charge on any atom is 0.167 e. The van der Waals surface area contributed by atoms with Crippen molar-refractivity contribution in [2.24, 2.45) is 0 Å². The van der Waals surface area contributed by atoms with E-state index in [1.54, 1.807) is 6.08 Å². The van der Waals surface area contributed by atoms with Crippen molar-refractivity contribution in [1.29, 1.82) is 0 Å². The maximum atomic E-state index is 11.7. The first kappa shape index (κ1) is 10.5. The van der Waals surface area contributed by atoms with Gasteiger partial charge in [0.05, 0.1) is 0 Å². The van der Waals surface area contributed by atoms with Gasteiger partial charge in [0.2, 0.25) is 0 Å². The molecule has 72 valence electrons. The van der Waals surface area contributed by atoms with Crippen molar-refractivity contribution < 1.29 is 4.79 Å². The topological polar surface area (TPSA) is 17.1 Å². The summed E-state index contributed by atoms with van der Waals surface area (Å²) in [5.41, 5.74) is 1.73. The van der Waals surface area contributed by atoms with Gasteiger partial charge in [-0.15, -0.1) is 0 Å². The second-order valence-corrected chi connectivity index (χ2v) is 3.03. The molecule has 0 spiro atoms. The predicted octanol–water partition coefficient (Wildman–Crippen LogP) is 3.39. The molecular formula is C13H14O. The van der Waals surface area contributed by atoms with Gasteiger partial charge in [-0.25, -0.2) is 0 Å². The summed E-state index contributed by atoms with van der Waals surface area (Å²) in [5, 5.41) is 0. The molecule has 1 nitrogen and oxygen atoms in total. The van der Waals surface area contributed by atoms with E-state index >= 15 is 0 Å². The average molecular weight is 186 g/mol. The van der Waals surface area contributed by atoms with Gasteiger partial charge < -0.3 is 0 Å². The molecular weight excluding hydrogens is 172 g/mol. The zero-order valence-electron chi connectivity index (χ0n) is 8.36. The molecule has 0 radical (unpaired) electrons. The standard InChI is InChI=1S/C13H14O/c1-3-11(4-2)10-13(14)12-8-6-5-7-9-12/h3-9H,1,10H2,2H3/b11-4+. The Morgan fingerprint density at radius 3 is 2.50 bits per heavy atom. The summed E-state index contributed by atoms with van der Waals surface area (Å²) in [5.74, 6) is 0.138. The van der Waals surface area contributed by atoms with Crippen molar-refractivity contribution in [2.45, 2.75) is 13.3 Å². The van der Waals surface area contributed by atoms with Gasteiger partial charge in [0, 0.05) is 12.0 Å². The summed E-state index contributed by atoms with van der Waals surface area (Å²) in [6.07, 6.45) is 4.07. The first-order chi connectivity index (χ1) is 6.77. The summed E-state index contributed by atoms with van der Waals surface area (Å²) >= 11 is 0. The molecule has 0 unspecified atom stereocenters. The monoisotopic (exact) mass is 186 g/mol. The summed E-state index contributed by atoms with van der Waals surface area (Å²) in [4.78, 5) is 11.7. The van der Waals surface area contributed by atoms with Crippen LogP contribution in [0.4, 0.5) is 0 Å². The fourth-order valence-electron chi connectivity index (χ4n) is 1.20. The first-order valence-electron chi connectivity index (χ1n) is 4.63. The van der Waals surface area contributed by atoms with E-state index in [0.717, 1.165) is 11.1 Å². The van der Waals surface area contributed by atoms with Crippen LogP contribution in [0.3, 0.4) is 0 Å². The third-order valence-corrected chi connectivity index (χ3v) is 2.09. The fourth-order valence-corrected chi connectivity index (χ4v) is 1.20. The van der Waals surface area contributed by atoms with Crippen LogP contribution in [0.2, 0.25) is 0 Å². The van der Waals surface area contributed by atoms with Crippen LogP contribution in [0.1, 0.15) is 23.7 Å². The highest BCUT2D eigenvalue weighted by Gasteiger charge is 2.05. The van der Waals surface area contributed by atoms with Gasteiger partial charge in [0.25, 0.3) is 0 Å². The molecule has 0 fully saturated rings. The molecule has 1 aromatic rings. The smallest absolute Gasteiger partial charge is 0.167 e. The molecule has 0 saturated carbocycles. The van der Waals surface area contributed by atoms with E-state index in [4.69, 9.17) is 0 Å². The molecule has 1 aromatic carbocycles. The molecule has 0 saturated heterocycles. The summed E-state index contributed by atoms with van der Waals surface area (Å²) in [7, 11) is 0. The average Bonchev–Trinajstić information content (AvgIpc) is 2.26. The molecule has 1 heteroatoms. The SMILES string of the molecule is C=C/C(=C\C)CC(=O)c1ccccc1. The molecule has 14 heavy (non-hydrogen) atoms. The lowest BCUT2D eigenvalue weighted by Gasteiger charge is -2.00. The molecule has 0 aliphatic heterocycles. The molecule has 0 atom stereocenters. The Morgan fingerprint density at radius 1 is 1.36 bits per heavy atom. The van der Waals surface area contributed by atoms with Crippen molar-refractivity contribution in [3.8, 4) is 0 Å². The summed E-state index contributed by atoms with van der Waals surface area (Å²) in [6.45, 7) is 5.57. The van der Waals surface area contributed by atoms with Crippen LogP contribution in [0, 0.1) is 0 Å². The van der Waals surface area contributed by atoms with E-state index in [1.165, 1.54) is 0 Å². The summed E-state index contributed by atoms with van der Waals surface area (Å²) in [6, 6.07) is 9.31. The zero-order valence-corrected chi connectivity index (χ0v) is 8.36. The number of ketones is 1. The zero-order chi connectivity index (χ0) is 10.4. The predicted molar refractivity (Wildman–Crippen MR) is 59.3 cm³/mol. The molecule has 0 bridgehead atoms. The highest BCUT2D eigenvalue weighted by molar-refractivity contribution is 5.97. The highest BCUT2D eigenvalue weighted by atomic mass is 16.1. The van der Waals surface area contributed by atoms with Crippen molar-refractivity contribution in [1.82, 2.24) is 0 Å². The van der Waals surface area contributed by atoms with Crippen LogP contribution in [0.5, 0.6) is 0 Å². The first-order valence-corrected chi connectivity index (χ1v) is 4.63. The van der Waals surface area contributed by atoms with Crippen LogP contribution < -0.4 is 0 Å². The van der Waals surface area contributed by atoms with Crippen LogP contribution in [0.15, 0.2) is 54.6 Å². The number of Topliss-reactive ketones (excluding diaryl/α,β-unsaturated/α-hetero) is 1. The highest BCUT2D eigenvalue weighted by Crippen LogP contribution is 2.09. The Labute approximate surface area is 84.8 Å². The Morgan fingerprint density at radius 2 is 2.00 bits per heavy atom. The lowest BCUT2D eigenvalue weighted by atomic mass is 10.0. The number of allylic oxidation sites excluding steroid dienone is 3. The lowest BCUT2D eigenvalue weighted by molar-refractivity contribution is 0.0994. The number of hydrogen-bond acceptors (Lipinski definition) is 1. The fraction of sp³-hybridized carbons (Fsp3) is 0.154. The Hall–Kier alpha value is -1.63. The third kappa shape index (κ3) is 2.70. The number of carbonyl (C=O) groups excluding carboxylic acids is 1. The van der Waals surface area contributed by atoms with Gasteiger partial charge in [0.1, 0.15) is 0 Å². The van der Waals surface area contributed by atoms with Gasteiger partial charge in [0.15, 0.2) is 5.78 Å². The normalized spacial score (nSPS) is 11.1. The number of benzene rings is 1. The second kappa shape index (κ2) is 5.18. The van der Waals surface area contributed by atoms with E-state index in [2.05, 4.69) is 6.58 Å². The van der Waals surface area contributed by atoms with Crippen molar-refractivity contribution in [3.63, 3.8) is 0 Å². The quantitative estimate of drug-likeness (QED) is 0.520. The van der Waals surface area contributed by atoms with Crippen LogP contribution in [-0.2, 0) is 0 Å². The molecule has 1 rings (SSSR count). The molecule has 0 N–H and O–H groups in total. The van der Waals surface area contributed by atoms with E-state index in [9.17, 15) is 4.79 Å². The third-order valence-electron chi connectivity index (χ3n) is 2.09. The molecule has 0 amide bonds. The lowest BCUT2D eigenvalue weighted by Crippen LogP contribution is -1.99. The minimum atomic E-state index is 0.138. The van der Waals surface area contributed by atoms with Gasteiger partial charge >= 0.3 is 0 Å². The maximum absolute atomic E-state index is 11.7. The van der Waals surface area contributed by atoms with Crippen molar-refractivity contribution >= 4 is 5.78 Å². The number of rotatable bonds is 4. The molecule has 0 heterocycles. The van der Waals surface area contributed by atoms with E-state index in [0.29, 0.717) is 6.42 Å². The second-order valence-electron chi connectivity index (χ2n) is 3.03. The van der Waals surface area contributed by atoms with Crippen LogP contribution in [0.25, 0.3) is 0 Å².